The predicted molar refractivity (Wildman–Crippen MR) is 61.7 cm³/mol. The van der Waals surface area contributed by atoms with Gasteiger partial charge in [-0.15, -0.1) is 0 Å². The van der Waals surface area contributed by atoms with Gasteiger partial charge in [0.25, 0.3) is 0 Å². The van der Waals surface area contributed by atoms with Gasteiger partial charge in [-0.3, -0.25) is 0 Å². The molecule has 0 bridgehead atoms. The van der Waals surface area contributed by atoms with E-state index in [2.05, 4.69) is 39.0 Å². The number of benzene rings is 1. The molecule has 0 unspecified atom stereocenters. The third-order valence-electron chi connectivity index (χ3n) is 2.34. The molecular formula is C12H19K. The van der Waals surface area contributed by atoms with E-state index in [-0.39, 0.29) is 51.4 Å². The average molecular weight is 202 g/mol. The first-order valence-electron chi connectivity index (χ1n) is 4.91. The van der Waals surface area contributed by atoms with Gasteiger partial charge >= 0.3 is 51.4 Å². The van der Waals surface area contributed by atoms with Gasteiger partial charge in [0.1, 0.15) is 0 Å². The third kappa shape index (κ3) is 4.26. The molecule has 0 aliphatic heterocycles. The monoisotopic (exact) mass is 202 g/mol. The fourth-order valence-corrected chi connectivity index (χ4v) is 1.45. The molecule has 13 heavy (non-hydrogen) atoms. The van der Waals surface area contributed by atoms with Crippen molar-refractivity contribution in [1.29, 1.82) is 0 Å². The zero-order valence-electron chi connectivity index (χ0n) is 8.35. The van der Waals surface area contributed by atoms with Gasteiger partial charge in [0.15, 0.2) is 0 Å². The van der Waals surface area contributed by atoms with Crippen molar-refractivity contribution in [2.75, 3.05) is 0 Å². The average Bonchev–Trinajstić information content (AvgIpc) is 2.16. The fraction of sp³-hybridized carbons (Fsp3) is 0.500. The zero-order chi connectivity index (χ0) is 8.97. The number of rotatable bonds is 3. The van der Waals surface area contributed by atoms with Gasteiger partial charge in [-0.25, -0.2) is 0 Å². The molecule has 1 aromatic rings. The molecule has 0 saturated heterocycles. The maximum absolute atomic E-state index is 2.32. The van der Waals surface area contributed by atoms with Crippen LogP contribution in [0.25, 0.3) is 0 Å². The Kier molecular flexibility index (Phi) is 7.66. The first-order valence-corrected chi connectivity index (χ1v) is 4.91. The van der Waals surface area contributed by atoms with E-state index < -0.39 is 0 Å². The van der Waals surface area contributed by atoms with Crippen molar-refractivity contribution in [3.63, 3.8) is 0 Å². The van der Waals surface area contributed by atoms with Gasteiger partial charge in [0, 0.05) is 0 Å². The molecule has 0 aliphatic carbocycles. The number of hydrogen-bond acceptors (Lipinski definition) is 0. The molecule has 1 rings (SSSR count). The molecule has 68 valence electrons. The van der Waals surface area contributed by atoms with Crippen LogP contribution in [0.15, 0.2) is 18.2 Å². The normalized spacial score (nSPS) is 9.46. The van der Waals surface area contributed by atoms with Crippen LogP contribution in [0.3, 0.4) is 0 Å². The minimum absolute atomic E-state index is 0. The number of hydrogen-bond donors (Lipinski definition) is 0. The molecule has 0 amide bonds. The van der Waals surface area contributed by atoms with Gasteiger partial charge in [0.05, 0.1) is 0 Å². The van der Waals surface area contributed by atoms with Crippen molar-refractivity contribution in [3.8, 4) is 0 Å². The Morgan fingerprint density at radius 3 is 1.08 bits per heavy atom. The van der Waals surface area contributed by atoms with Crippen LogP contribution < -0.4 is 0 Å². The molecular weight excluding hydrogens is 183 g/mol. The quantitative estimate of drug-likeness (QED) is 0.661. The Labute approximate surface area is 125 Å². The van der Waals surface area contributed by atoms with Crippen LogP contribution >= 0.6 is 0 Å². The summed E-state index contributed by atoms with van der Waals surface area (Å²) in [5.41, 5.74) is 4.43. The van der Waals surface area contributed by atoms with Gasteiger partial charge in [0.2, 0.25) is 0 Å². The second-order valence-electron chi connectivity index (χ2n) is 3.22. The minimum atomic E-state index is 0. The summed E-state index contributed by atoms with van der Waals surface area (Å²) in [7, 11) is 0. The SMILES string of the molecule is CCc1cc(CC)cc(CC)c1.[KH]. The zero-order valence-corrected chi connectivity index (χ0v) is 8.35. The summed E-state index contributed by atoms with van der Waals surface area (Å²) >= 11 is 0. The van der Waals surface area contributed by atoms with Crippen molar-refractivity contribution in [3.05, 3.63) is 34.9 Å². The van der Waals surface area contributed by atoms with Crippen molar-refractivity contribution >= 4 is 51.4 Å². The van der Waals surface area contributed by atoms with Crippen molar-refractivity contribution in [1.82, 2.24) is 0 Å². The first kappa shape index (κ1) is 13.9. The second kappa shape index (κ2) is 7.19. The summed E-state index contributed by atoms with van der Waals surface area (Å²) < 4.78 is 0. The Bertz CT molecular complexity index is 198. The Balaban J connectivity index is 0.00000144. The van der Waals surface area contributed by atoms with E-state index in [1.807, 2.05) is 0 Å². The van der Waals surface area contributed by atoms with E-state index in [1.165, 1.54) is 16.7 Å². The van der Waals surface area contributed by atoms with E-state index in [4.69, 9.17) is 0 Å². The second-order valence-corrected chi connectivity index (χ2v) is 3.22. The van der Waals surface area contributed by atoms with E-state index in [9.17, 15) is 0 Å². The van der Waals surface area contributed by atoms with E-state index in [0.717, 1.165) is 19.3 Å². The van der Waals surface area contributed by atoms with E-state index >= 15 is 0 Å². The topological polar surface area (TPSA) is 0 Å². The Hall–Kier alpha value is 0.856. The molecule has 0 nitrogen and oxygen atoms in total. The van der Waals surface area contributed by atoms with Crippen LogP contribution in [0, 0.1) is 0 Å². The summed E-state index contributed by atoms with van der Waals surface area (Å²) in [5, 5.41) is 0. The van der Waals surface area contributed by atoms with Crippen LogP contribution in [-0.2, 0) is 19.3 Å². The van der Waals surface area contributed by atoms with Gasteiger partial charge in [-0.1, -0.05) is 39.0 Å². The van der Waals surface area contributed by atoms with Crippen molar-refractivity contribution in [2.45, 2.75) is 40.0 Å². The van der Waals surface area contributed by atoms with Crippen molar-refractivity contribution in [2.24, 2.45) is 0 Å². The molecule has 0 saturated carbocycles. The molecule has 0 aromatic heterocycles. The molecule has 1 aromatic carbocycles. The summed E-state index contributed by atoms with van der Waals surface area (Å²) in [4.78, 5) is 0. The Morgan fingerprint density at radius 2 is 0.923 bits per heavy atom. The van der Waals surface area contributed by atoms with Crippen molar-refractivity contribution < 1.29 is 0 Å². The maximum atomic E-state index is 2.32. The first-order chi connectivity index (χ1) is 5.80. The molecule has 1 heteroatoms. The van der Waals surface area contributed by atoms with E-state index in [0.29, 0.717) is 0 Å². The number of aryl methyl sites for hydroxylation is 3. The van der Waals surface area contributed by atoms with Crippen LogP contribution in [0.2, 0.25) is 0 Å². The molecule has 0 heterocycles. The third-order valence-corrected chi connectivity index (χ3v) is 2.34. The predicted octanol–water partition coefficient (Wildman–Crippen LogP) is 2.73. The van der Waals surface area contributed by atoms with Gasteiger partial charge in [-0.2, -0.15) is 0 Å². The summed E-state index contributed by atoms with van der Waals surface area (Å²) in [6, 6.07) is 6.96. The standard InChI is InChI=1S/C12H18.K.H/c1-4-10-7-11(5-2)9-12(6-3)8-10;;/h7-9H,4-6H2,1-3H3;;. The fourth-order valence-electron chi connectivity index (χ4n) is 1.45. The summed E-state index contributed by atoms with van der Waals surface area (Å²) in [5.74, 6) is 0. The Morgan fingerprint density at radius 1 is 0.692 bits per heavy atom. The summed E-state index contributed by atoms with van der Waals surface area (Å²) in [6.07, 6.45) is 3.46. The van der Waals surface area contributed by atoms with Gasteiger partial charge in [-0.05, 0) is 36.0 Å². The molecule has 0 aliphatic rings. The molecule has 0 radical (unpaired) electrons. The summed E-state index contributed by atoms with van der Waals surface area (Å²) in [6.45, 7) is 6.65. The molecule has 0 spiro atoms. The molecule has 0 atom stereocenters. The van der Waals surface area contributed by atoms with Gasteiger partial charge < -0.3 is 0 Å². The molecule has 0 N–H and O–H groups in total. The van der Waals surface area contributed by atoms with E-state index in [1.54, 1.807) is 0 Å². The molecule has 0 fully saturated rings. The van der Waals surface area contributed by atoms with Crippen LogP contribution in [0.5, 0.6) is 0 Å². The van der Waals surface area contributed by atoms with Crippen LogP contribution in [0.1, 0.15) is 37.5 Å². The van der Waals surface area contributed by atoms with Crippen LogP contribution in [-0.4, -0.2) is 51.4 Å². The van der Waals surface area contributed by atoms with Crippen LogP contribution in [0.4, 0.5) is 0 Å².